The van der Waals surface area contributed by atoms with Crippen LogP contribution in [0.2, 0.25) is 5.15 Å². The Morgan fingerprint density at radius 1 is 1.18 bits per heavy atom. The van der Waals surface area contributed by atoms with Crippen LogP contribution >= 0.6 is 11.6 Å². The molecule has 0 saturated heterocycles. The van der Waals surface area contributed by atoms with E-state index in [1.54, 1.807) is 23.0 Å². The van der Waals surface area contributed by atoms with Gasteiger partial charge in [-0.1, -0.05) is 11.6 Å². The van der Waals surface area contributed by atoms with Gasteiger partial charge in [0.2, 0.25) is 0 Å². The van der Waals surface area contributed by atoms with Gasteiger partial charge >= 0.3 is 0 Å². The van der Waals surface area contributed by atoms with Crippen LogP contribution in [0.4, 0.5) is 0 Å². The van der Waals surface area contributed by atoms with Crippen molar-refractivity contribution in [1.29, 1.82) is 0 Å². The van der Waals surface area contributed by atoms with Gasteiger partial charge in [0.1, 0.15) is 11.5 Å². The van der Waals surface area contributed by atoms with Crippen molar-refractivity contribution in [1.82, 2.24) is 24.6 Å². The maximum atomic E-state index is 5.80. The summed E-state index contributed by atoms with van der Waals surface area (Å²) in [6.45, 7) is 1.93. The molecule has 3 heterocycles. The van der Waals surface area contributed by atoms with Gasteiger partial charge in [0.15, 0.2) is 11.5 Å². The Bertz CT molecular complexity index is 691. The minimum absolute atomic E-state index is 0.405. The summed E-state index contributed by atoms with van der Waals surface area (Å²) >= 11 is 5.80. The standard InChI is InChI=1S/C11H8ClN5/c1-7-4-8(2-3-13-7)11-16-15-10-5-9(12)14-6-17(10)11/h2-6H,1H3. The number of halogens is 1. The van der Waals surface area contributed by atoms with E-state index < -0.39 is 0 Å². The fourth-order valence-corrected chi connectivity index (χ4v) is 1.80. The van der Waals surface area contributed by atoms with Crippen LogP contribution in [0.5, 0.6) is 0 Å². The predicted octanol–water partition coefficient (Wildman–Crippen LogP) is 2.15. The molecule has 84 valence electrons. The summed E-state index contributed by atoms with van der Waals surface area (Å²) in [5.74, 6) is 0.731. The fraction of sp³-hybridized carbons (Fsp3) is 0.0909. The van der Waals surface area contributed by atoms with E-state index >= 15 is 0 Å². The maximum absolute atomic E-state index is 5.80. The lowest BCUT2D eigenvalue weighted by Crippen LogP contribution is -1.92. The average molecular weight is 246 g/mol. The number of aryl methyl sites for hydroxylation is 1. The van der Waals surface area contributed by atoms with Crippen molar-refractivity contribution in [3.05, 3.63) is 41.6 Å². The summed E-state index contributed by atoms with van der Waals surface area (Å²) in [4.78, 5) is 8.17. The van der Waals surface area contributed by atoms with E-state index in [1.165, 1.54) is 0 Å². The monoisotopic (exact) mass is 245 g/mol. The van der Waals surface area contributed by atoms with Crippen LogP contribution in [0, 0.1) is 6.92 Å². The first-order valence-electron chi connectivity index (χ1n) is 5.03. The Morgan fingerprint density at radius 2 is 2.06 bits per heavy atom. The van der Waals surface area contributed by atoms with Crippen molar-refractivity contribution < 1.29 is 0 Å². The number of pyridine rings is 1. The van der Waals surface area contributed by atoms with E-state index in [0.29, 0.717) is 10.8 Å². The van der Waals surface area contributed by atoms with E-state index in [4.69, 9.17) is 11.6 Å². The molecule has 5 nitrogen and oxygen atoms in total. The summed E-state index contributed by atoms with van der Waals surface area (Å²) in [7, 11) is 0. The fourth-order valence-electron chi connectivity index (χ4n) is 1.65. The SMILES string of the molecule is Cc1cc(-c2nnc3cc(Cl)ncn23)ccn1. The molecule has 3 rings (SSSR count). The van der Waals surface area contributed by atoms with Crippen molar-refractivity contribution >= 4 is 17.2 Å². The second-order valence-corrected chi connectivity index (χ2v) is 4.04. The van der Waals surface area contributed by atoms with Crippen LogP contribution in [0.15, 0.2) is 30.7 Å². The molecule has 0 bridgehead atoms. The van der Waals surface area contributed by atoms with Crippen LogP contribution in [-0.2, 0) is 0 Å². The lowest BCUT2D eigenvalue weighted by Gasteiger charge is -2.00. The molecular weight excluding hydrogens is 238 g/mol. The zero-order valence-corrected chi connectivity index (χ0v) is 9.76. The maximum Gasteiger partial charge on any atom is 0.169 e. The van der Waals surface area contributed by atoms with E-state index in [9.17, 15) is 0 Å². The van der Waals surface area contributed by atoms with Crippen molar-refractivity contribution in [3.63, 3.8) is 0 Å². The summed E-state index contributed by atoms with van der Waals surface area (Å²) in [5.41, 5.74) is 2.56. The zero-order chi connectivity index (χ0) is 11.8. The second kappa shape index (κ2) is 3.78. The summed E-state index contributed by atoms with van der Waals surface area (Å²) in [5, 5.41) is 8.59. The number of aromatic nitrogens is 5. The topological polar surface area (TPSA) is 56.0 Å². The van der Waals surface area contributed by atoms with Crippen molar-refractivity contribution in [2.75, 3.05) is 0 Å². The van der Waals surface area contributed by atoms with E-state index in [1.807, 2.05) is 19.1 Å². The normalized spacial score (nSPS) is 10.9. The Morgan fingerprint density at radius 3 is 2.88 bits per heavy atom. The van der Waals surface area contributed by atoms with Crippen molar-refractivity contribution in [2.45, 2.75) is 6.92 Å². The second-order valence-electron chi connectivity index (χ2n) is 3.65. The van der Waals surface area contributed by atoms with Crippen molar-refractivity contribution in [3.8, 4) is 11.4 Å². The summed E-state index contributed by atoms with van der Waals surface area (Å²) in [6.07, 6.45) is 3.36. The van der Waals surface area contributed by atoms with Gasteiger partial charge in [-0.3, -0.25) is 9.38 Å². The Labute approximate surface area is 102 Å². The molecule has 0 atom stereocenters. The van der Waals surface area contributed by atoms with Crippen LogP contribution in [0.3, 0.4) is 0 Å². The first-order chi connectivity index (χ1) is 8.24. The zero-order valence-electron chi connectivity index (χ0n) is 9.00. The molecule has 0 amide bonds. The molecule has 0 unspecified atom stereocenters. The van der Waals surface area contributed by atoms with Gasteiger partial charge in [-0.25, -0.2) is 4.98 Å². The highest BCUT2D eigenvalue weighted by atomic mass is 35.5. The third-order valence-electron chi connectivity index (χ3n) is 2.42. The van der Waals surface area contributed by atoms with Gasteiger partial charge in [-0.05, 0) is 19.1 Å². The van der Waals surface area contributed by atoms with Gasteiger partial charge < -0.3 is 0 Å². The highest BCUT2D eigenvalue weighted by Gasteiger charge is 2.08. The number of hydrogen-bond donors (Lipinski definition) is 0. The van der Waals surface area contributed by atoms with Crippen molar-refractivity contribution in [2.24, 2.45) is 0 Å². The highest BCUT2D eigenvalue weighted by Crippen LogP contribution is 2.18. The third kappa shape index (κ3) is 1.74. The summed E-state index contributed by atoms with van der Waals surface area (Å²) in [6, 6.07) is 5.51. The Balaban J connectivity index is 2.24. The molecule has 0 fully saturated rings. The first kappa shape index (κ1) is 10.2. The number of hydrogen-bond acceptors (Lipinski definition) is 4. The molecule has 0 aliphatic rings. The number of nitrogens with zero attached hydrogens (tertiary/aromatic N) is 5. The minimum Gasteiger partial charge on any atom is -0.265 e. The summed E-state index contributed by atoms with van der Waals surface area (Å²) < 4.78 is 1.79. The molecular formula is C11H8ClN5. The van der Waals surface area contributed by atoms with Gasteiger partial charge in [0.05, 0.1) is 0 Å². The molecule has 0 aliphatic heterocycles. The van der Waals surface area contributed by atoms with Gasteiger partial charge in [0.25, 0.3) is 0 Å². The minimum atomic E-state index is 0.405. The van der Waals surface area contributed by atoms with Gasteiger partial charge in [-0.15, -0.1) is 10.2 Å². The van der Waals surface area contributed by atoms with E-state index in [-0.39, 0.29) is 0 Å². The lowest BCUT2D eigenvalue weighted by atomic mass is 10.2. The lowest BCUT2D eigenvalue weighted by molar-refractivity contribution is 1.07. The van der Waals surface area contributed by atoms with E-state index in [0.717, 1.165) is 17.1 Å². The molecule has 17 heavy (non-hydrogen) atoms. The number of rotatable bonds is 1. The largest absolute Gasteiger partial charge is 0.265 e. The average Bonchev–Trinajstić information content (AvgIpc) is 2.71. The molecule has 0 spiro atoms. The van der Waals surface area contributed by atoms with Crippen LogP contribution in [0.1, 0.15) is 5.69 Å². The first-order valence-corrected chi connectivity index (χ1v) is 5.41. The molecule has 6 heteroatoms. The number of fused-ring (bicyclic) bond motifs is 1. The molecule has 0 aromatic carbocycles. The Kier molecular flexibility index (Phi) is 2.26. The molecule has 0 saturated carbocycles. The van der Waals surface area contributed by atoms with E-state index in [2.05, 4.69) is 20.2 Å². The molecule has 3 aromatic rings. The van der Waals surface area contributed by atoms with Gasteiger partial charge in [-0.2, -0.15) is 0 Å². The van der Waals surface area contributed by atoms with Crippen LogP contribution < -0.4 is 0 Å². The Hall–Kier alpha value is -2.01. The molecule has 0 aliphatic carbocycles. The molecule has 0 N–H and O–H groups in total. The quantitative estimate of drug-likeness (QED) is 0.617. The predicted molar refractivity (Wildman–Crippen MR) is 63.8 cm³/mol. The van der Waals surface area contributed by atoms with Crippen LogP contribution in [0.25, 0.3) is 17.0 Å². The third-order valence-corrected chi connectivity index (χ3v) is 2.63. The van der Waals surface area contributed by atoms with Crippen LogP contribution in [-0.4, -0.2) is 24.6 Å². The molecule has 0 radical (unpaired) electrons. The smallest absolute Gasteiger partial charge is 0.169 e. The molecule has 3 aromatic heterocycles. The van der Waals surface area contributed by atoms with Gasteiger partial charge in [0, 0.05) is 23.5 Å². The highest BCUT2D eigenvalue weighted by molar-refractivity contribution is 6.29.